The first-order valence-electron chi connectivity index (χ1n) is 4.87. The van der Waals surface area contributed by atoms with E-state index in [0.29, 0.717) is 17.4 Å². The molecule has 4 nitrogen and oxygen atoms in total. The fourth-order valence-corrected chi connectivity index (χ4v) is 1.65. The van der Waals surface area contributed by atoms with Crippen LogP contribution >= 0.6 is 0 Å². The number of H-pyrrole nitrogens is 1. The Morgan fingerprint density at radius 2 is 2.07 bits per heavy atom. The van der Waals surface area contributed by atoms with Crippen molar-refractivity contribution < 1.29 is 0 Å². The summed E-state index contributed by atoms with van der Waals surface area (Å²) in [6.45, 7) is 4.08. The molecule has 0 spiro atoms. The van der Waals surface area contributed by atoms with Gasteiger partial charge >= 0.3 is 5.69 Å². The fourth-order valence-electron chi connectivity index (χ4n) is 1.65. The van der Waals surface area contributed by atoms with Crippen LogP contribution in [0.2, 0.25) is 0 Å². The van der Waals surface area contributed by atoms with Crippen LogP contribution in [-0.2, 0) is 6.54 Å². The van der Waals surface area contributed by atoms with Crippen molar-refractivity contribution in [3.63, 3.8) is 0 Å². The average Bonchev–Trinajstić information content (AvgIpc) is 2.20. The zero-order chi connectivity index (χ0) is 11.0. The van der Waals surface area contributed by atoms with Crippen LogP contribution in [0.15, 0.2) is 27.8 Å². The second-order valence-electron chi connectivity index (χ2n) is 3.53. The zero-order valence-corrected chi connectivity index (χ0v) is 8.70. The van der Waals surface area contributed by atoms with Gasteiger partial charge in [0.05, 0.1) is 10.9 Å². The molecular formula is C11H12N2O2. The number of rotatable bonds is 1. The Hall–Kier alpha value is -1.84. The summed E-state index contributed by atoms with van der Waals surface area (Å²) >= 11 is 0. The molecule has 15 heavy (non-hydrogen) atoms. The minimum Gasteiger partial charge on any atom is -0.307 e. The summed E-state index contributed by atoms with van der Waals surface area (Å²) < 4.78 is 1.20. The number of aromatic nitrogens is 2. The molecule has 0 saturated heterocycles. The van der Waals surface area contributed by atoms with Crippen molar-refractivity contribution in [2.45, 2.75) is 20.4 Å². The Morgan fingerprint density at radius 3 is 2.73 bits per heavy atom. The van der Waals surface area contributed by atoms with Gasteiger partial charge in [-0.1, -0.05) is 11.6 Å². The molecule has 0 aliphatic carbocycles. The predicted molar refractivity (Wildman–Crippen MR) is 59.2 cm³/mol. The van der Waals surface area contributed by atoms with Gasteiger partial charge < -0.3 is 4.98 Å². The van der Waals surface area contributed by atoms with E-state index in [4.69, 9.17) is 0 Å². The van der Waals surface area contributed by atoms with Crippen molar-refractivity contribution in [2.75, 3.05) is 0 Å². The van der Waals surface area contributed by atoms with Crippen LogP contribution in [0.4, 0.5) is 0 Å². The molecule has 2 aromatic rings. The molecule has 1 aromatic carbocycles. The van der Waals surface area contributed by atoms with Crippen LogP contribution in [-0.4, -0.2) is 9.55 Å². The molecule has 2 rings (SSSR count). The first-order chi connectivity index (χ1) is 7.13. The lowest BCUT2D eigenvalue weighted by Crippen LogP contribution is -2.34. The van der Waals surface area contributed by atoms with Gasteiger partial charge in [-0.3, -0.25) is 9.36 Å². The van der Waals surface area contributed by atoms with E-state index >= 15 is 0 Å². The largest absolute Gasteiger partial charge is 0.328 e. The summed E-state index contributed by atoms with van der Waals surface area (Å²) in [7, 11) is 0. The maximum absolute atomic E-state index is 11.9. The second kappa shape index (κ2) is 3.38. The SMILES string of the molecule is CCn1c(=O)[nH]c2ccc(C)cc2c1=O. The van der Waals surface area contributed by atoms with E-state index in [1.807, 2.05) is 13.0 Å². The zero-order valence-electron chi connectivity index (χ0n) is 8.70. The maximum atomic E-state index is 11.9. The quantitative estimate of drug-likeness (QED) is 0.754. The van der Waals surface area contributed by atoms with Crippen molar-refractivity contribution in [3.8, 4) is 0 Å². The number of benzene rings is 1. The topological polar surface area (TPSA) is 54.9 Å². The number of fused-ring (bicyclic) bond motifs is 1. The minimum atomic E-state index is -0.348. The molecule has 0 atom stereocenters. The average molecular weight is 204 g/mol. The second-order valence-corrected chi connectivity index (χ2v) is 3.53. The van der Waals surface area contributed by atoms with E-state index in [2.05, 4.69) is 4.98 Å². The van der Waals surface area contributed by atoms with Crippen LogP contribution in [0.1, 0.15) is 12.5 Å². The molecule has 4 heteroatoms. The highest BCUT2D eigenvalue weighted by Crippen LogP contribution is 2.07. The van der Waals surface area contributed by atoms with E-state index in [-0.39, 0.29) is 11.2 Å². The van der Waals surface area contributed by atoms with Crippen LogP contribution in [0, 0.1) is 6.92 Å². The normalized spacial score (nSPS) is 10.8. The predicted octanol–water partition coefficient (Wildman–Crippen LogP) is 1.02. The fraction of sp³-hybridized carbons (Fsp3) is 0.273. The van der Waals surface area contributed by atoms with E-state index in [1.54, 1.807) is 19.1 Å². The number of hydrogen-bond donors (Lipinski definition) is 1. The third-order valence-corrected chi connectivity index (χ3v) is 2.45. The van der Waals surface area contributed by atoms with Crippen LogP contribution < -0.4 is 11.2 Å². The highest BCUT2D eigenvalue weighted by molar-refractivity contribution is 5.77. The summed E-state index contributed by atoms with van der Waals surface area (Å²) in [5.74, 6) is 0. The van der Waals surface area contributed by atoms with Gasteiger partial charge in [-0.2, -0.15) is 0 Å². The van der Waals surface area contributed by atoms with E-state index in [9.17, 15) is 9.59 Å². The monoisotopic (exact) mass is 204 g/mol. The lowest BCUT2D eigenvalue weighted by atomic mass is 10.2. The van der Waals surface area contributed by atoms with Gasteiger partial charge in [0.1, 0.15) is 0 Å². The van der Waals surface area contributed by atoms with Crippen molar-refractivity contribution >= 4 is 10.9 Å². The molecule has 1 aromatic heterocycles. The van der Waals surface area contributed by atoms with Gasteiger partial charge in [0.15, 0.2) is 0 Å². The van der Waals surface area contributed by atoms with Crippen molar-refractivity contribution in [3.05, 3.63) is 44.6 Å². The van der Waals surface area contributed by atoms with Gasteiger partial charge in [0, 0.05) is 6.54 Å². The first kappa shape index (κ1) is 9.71. The Morgan fingerprint density at radius 1 is 1.33 bits per heavy atom. The van der Waals surface area contributed by atoms with Gasteiger partial charge in [-0.15, -0.1) is 0 Å². The Bertz CT molecular complexity index is 623. The van der Waals surface area contributed by atoms with E-state index in [1.165, 1.54) is 4.57 Å². The molecule has 1 N–H and O–H groups in total. The smallest absolute Gasteiger partial charge is 0.307 e. The van der Waals surface area contributed by atoms with Gasteiger partial charge in [0.2, 0.25) is 0 Å². The molecular weight excluding hydrogens is 192 g/mol. The molecule has 0 aliphatic rings. The van der Waals surface area contributed by atoms with E-state index in [0.717, 1.165) is 5.56 Å². The van der Waals surface area contributed by atoms with Gasteiger partial charge in [-0.05, 0) is 26.0 Å². The highest BCUT2D eigenvalue weighted by Gasteiger charge is 2.05. The van der Waals surface area contributed by atoms with Gasteiger partial charge in [-0.25, -0.2) is 4.79 Å². The summed E-state index contributed by atoms with van der Waals surface area (Å²) in [4.78, 5) is 26.0. The molecule has 0 amide bonds. The molecule has 0 aliphatic heterocycles. The molecule has 0 unspecified atom stereocenters. The summed E-state index contributed by atoms with van der Waals surface area (Å²) in [5.41, 5.74) is 1.04. The van der Waals surface area contributed by atoms with Crippen molar-refractivity contribution in [1.29, 1.82) is 0 Å². The van der Waals surface area contributed by atoms with Crippen LogP contribution in [0.5, 0.6) is 0 Å². The number of nitrogens with zero attached hydrogens (tertiary/aromatic N) is 1. The number of aryl methyl sites for hydroxylation is 1. The lowest BCUT2D eigenvalue weighted by Gasteiger charge is -2.03. The molecule has 1 heterocycles. The number of hydrogen-bond acceptors (Lipinski definition) is 2. The molecule has 78 valence electrons. The third kappa shape index (κ3) is 1.48. The number of aromatic amines is 1. The Labute approximate surface area is 86.2 Å². The van der Waals surface area contributed by atoms with Gasteiger partial charge in [0.25, 0.3) is 5.56 Å². The third-order valence-electron chi connectivity index (χ3n) is 2.45. The lowest BCUT2D eigenvalue weighted by molar-refractivity contribution is 0.684. The summed E-state index contributed by atoms with van der Waals surface area (Å²) in [5, 5.41) is 0.566. The van der Waals surface area contributed by atoms with Crippen molar-refractivity contribution in [2.24, 2.45) is 0 Å². The maximum Gasteiger partial charge on any atom is 0.328 e. The summed E-state index contributed by atoms with van der Waals surface area (Å²) in [6, 6.07) is 5.42. The molecule has 0 radical (unpaired) electrons. The molecule has 0 saturated carbocycles. The Balaban J connectivity index is 2.99. The van der Waals surface area contributed by atoms with Crippen molar-refractivity contribution in [1.82, 2.24) is 9.55 Å². The minimum absolute atomic E-state index is 0.222. The first-order valence-corrected chi connectivity index (χ1v) is 4.87. The molecule has 0 fully saturated rings. The van der Waals surface area contributed by atoms with E-state index < -0.39 is 0 Å². The van der Waals surface area contributed by atoms with Crippen LogP contribution in [0.25, 0.3) is 10.9 Å². The summed E-state index contributed by atoms with van der Waals surface area (Å²) in [6.07, 6.45) is 0. The number of nitrogens with one attached hydrogen (secondary N) is 1. The standard InChI is InChI=1S/C11H12N2O2/c1-3-13-10(14)8-6-7(2)4-5-9(8)12-11(13)15/h4-6H,3H2,1-2H3,(H,12,15). The van der Waals surface area contributed by atoms with Crippen LogP contribution in [0.3, 0.4) is 0 Å². The Kier molecular flexibility index (Phi) is 2.19. The molecule has 0 bridgehead atoms. The highest BCUT2D eigenvalue weighted by atomic mass is 16.2.